The van der Waals surface area contributed by atoms with E-state index in [4.69, 9.17) is 11.6 Å². The second kappa shape index (κ2) is 9.52. The molecule has 1 heterocycles. The van der Waals surface area contributed by atoms with Crippen LogP contribution in [-0.2, 0) is 9.59 Å². The quantitative estimate of drug-likeness (QED) is 0.715. The summed E-state index contributed by atoms with van der Waals surface area (Å²) < 4.78 is 0. The SMILES string of the molecule is CCC(C)c1ccccc1N1CC(C(=O)Nc2ccc(C(=O)N(C)C)c(Cl)c2)CC1=O. The summed E-state index contributed by atoms with van der Waals surface area (Å²) in [6.07, 6.45) is 1.13. The third-order valence-electron chi connectivity index (χ3n) is 5.74. The maximum Gasteiger partial charge on any atom is 0.254 e. The molecule has 6 nitrogen and oxygen atoms in total. The molecule has 1 N–H and O–H groups in total. The highest BCUT2D eigenvalue weighted by Crippen LogP contribution is 2.34. The van der Waals surface area contributed by atoms with E-state index in [2.05, 4.69) is 19.2 Å². The van der Waals surface area contributed by atoms with Gasteiger partial charge in [0.05, 0.1) is 16.5 Å². The molecule has 2 atom stereocenters. The van der Waals surface area contributed by atoms with Gasteiger partial charge in [-0.05, 0) is 42.2 Å². The van der Waals surface area contributed by atoms with Crippen molar-refractivity contribution in [1.29, 1.82) is 0 Å². The van der Waals surface area contributed by atoms with Crippen molar-refractivity contribution in [3.05, 3.63) is 58.6 Å². The molecule has 31 heavy (non-hydrogen) atoms. The van der Waals surface area contributed by atoms with Crippen LogP contribution in [0.5, 0.6) is 0 Å². The minimum atomic E-state index is -0.459. The van der Waals surface area contributed by atoms with Crippen molar-refractivity contribution in [2.75, 3.05) is 30.9 Å². The first-order valence-electron chi connectivity index (χ1n) is 10.4. The molecule has 0 saturated carbocycles. The Balaban J connectivity index is 1.73. The molecule has 2 unspecified atom stereocenters. The van der Waals surface area contributed by atoms with Crippen molar-refractivity contribution in [3.8, 4) is 0 Å². The molecule has 3 amide bonds. The van der Waals surface area contributed by atoms with Crippen LogP contribution in [0.3, 0.4) is 0 Å². The summed E-state index contributed by atoms with van der Waals surface area (Å²) in [7, 11) is 3.30. The van der Waals surface area contributed by atoms with Gasteiger partial charge in [-0.1, -0.05) is 43.6 Å². The molecule has 1 aliphatic heterocycles. The Bertz CT molecular complexity index is 1010. The monoisotopic (exact) mass is 441 g/mol. The number of carbonyl (C=O) groups is 3. The van der Waals surface area contributed by atoms with E-state index in [1.165, 1.54) is 4.90 Å². The molecular formula is C24H28ClN3O3. The van der Waals surface area contributed by atoms with Crippen LogP contribution in [0.1, 0.15) is 48.5 Å². The third-order valence-corrected chi connectivity index (χ3v) is 6.05. The van der Waals surface area contributed by atoms with Crippen molar-refractivity contribution in [1.82, 2.24) is 4.90 Å². The van der Waals surface area contributed by atoms with E-state index in [-0.39, 0.29) is 29.2 Å². The Morgan fingerprint density at radius 2 is 1.94 bits per heavy atom. The van der Waals surface area contributed by atoms with Crippen LogP contribution in [0, 0.1) is 5.92 Å². The van der Waals surface area contributed by atoms with E-state index in [1.54, 1.807) is 37.2 Å². The van der Waals surface area contributed by atoms with E-state index in [1.807, 2.05) is 24.3 Å². The predicted octanol–water partition coefficient (Wildman–Crippen LogP) is 4.55. The molecule has 2 aromatic carbocycles. The van der Waals surface area contributed by atoms with Gasteiger partial charge in [-0.15, -0.1) is 0 Å². The van der Waals surface area contributed by atoms with E-state index in [9.17, 15) is 14.4 Å². The number of para-hydroxylation sites is 1. The Morgan fingerprint density at radius 3 is 2.58 bits per heavy atom. The summed E-state index contributed by atoms with van der Waals surface area (Å²) in [5.41, 5.74) is 2.86. The number of benzene rings is 2. The average Bonchev–Trinajstić information content (AvgIpc) is 3.14. The summed E-state index contributed by atoms with van der Waals surface area (Å²) in [6.45, 7) is 4.59. The first-order chi connectivity index (χ1) is 14.7. The second-order valence-corrected chi connectivity index (χ2v) is 8.56. The lowest BCUT2D eigenvalue weighted by Crippen LogP contribution is -2.29. The minimum Gasteiger partial charge on any atom is -0.345 e. The molecule has 0 spiro atoms. The zero-order valence-electron chi connectivity index (χ0n) is 18.3. The second-order valence-electron chi connectivity index (χ2n) is 8.16. The largest absolute Gasteiger partial charge is 0.345 e. The Kier molecular flexibility index (Phi) is 7.01. The van der Waals surface area contributed by atoms with Gasteiger partial charge in [0.25, 0.3) is 5.91 Å². The van der Waals surface area contributed by atoms with Crippen LogP contribution >= 0.6 is 11.6 Å². The standard InChI is InChI=1S/C24H28ClN3O3/c1-5-15(2)18-8-6-7-9-21(18)28-14-16(12-22(28)29)23(30)26-17-10-11-19(20(25)13-17)24(31)27(3)4/h6-11,13,15-16H,5,12,14H2,1-4H3,(H,26,30). The van der Waals surface area contributed by atoms with Crippen LogP contribution in [0.2, 0.25) is 5.02 Å². The predicted molar refractivity (Wildman–Crippen MR) is 124 cm³/mol. The lowest BCUT2D eigenvalue weighted by molar-refractivity contribution is -0.122. The fourth-order valence-electron chi connectivity index (χ4n) is 3.74. The Morgan fingerprint density at radius 1 is 1.23 bits per heavy atom. The number of hydrogen-bond acceptors (Lipinski definition) is 3. The summed E-state index contributed by atoms with van der Waals surface area (Å²) in [5, 5.41) is 3.10. The van der Waals surface area contributed by atoms with Gasteiger partial charge >= 0.3 is 0 Å². The maximum absolute atomic E-state index is 12.8. The Labute approximate surface area is 188 Å². The number of halogens is 1. The average molecular weight is 442 g/mol. The number of anilines is 2. The van der Waals surface area contributed by atoms with Crippen LogP contribution in [0.15, 0.2) is 42.5 Å². The highest BCUT2D eigenvalue weighted by molar-refractivity contribution is 6.34. The van der Waals surface area contributed by atoms with Crippen molar-refractivity contribution >= 4 is 40.7 Å². The van der Waals surface area contributed by atoms with Crippen molar-refractivity contribution < 1.29 is 14.4 Å². The van der Waals surface area contributed by atoms with Crippen LogP contribution in [0.25, 0.3) is 0 Å². The van der Waals surface area contributed by atoms with E-state index in [0.717, 1.165) is 17.7 Å². The van der Waals surface area contributed by atoms with Crippen LogP contribution in [-0.4, -0.2) is 43.3 Å². The summed E-state index contributed by atoms with van der Waals surface area (Å²) in [5.74, 6) is -0.637. The molecule has 0 radical (unpaired) electrons. The molecule has 0 aromatic heterocycles. The number of rotatable bonds is 6. The summed E-state index contributed by atoms with van der Waals surface area (Å²) >= 11 is 6.24. The zero-order valence-corrected chi connectivity index (χ0v) is 19.1. The number of nitrogens with one attached hydrogen (secondary N) is 1. The summed E-state index contributed by atoms with van der Waals surface area (Å²) in [4.78, 5) is 40.9. The fourth-order valence-corrected chi connectivity index (χ4v) is 4.00. The van der Waals surface area contributed by atoms with Gasteiger partial charge in [-0.2, -0.15) is 0 Å². The van der Waals surface area contributed by atoms with Crippen molar-refractivity contribution in [3.63, 3.8) is 0 Å². The zero-order chi connectivity index (χ0) is 22.7. The van der Waals surface area contributed by atoms with Gasteiger partial charge in [0.1, 0.15) is 0 Å². The smallest absolute Gasteiger partial charge is 0.254 e. The number of hydrogen-bond donors (Lipinski definition) is 1. The van der Waals surface area contributed by atoms with Crippen molar-refractivity contribution in [2.45, 2.75) is 32.6 Å². The van der Waals surface area contributed by atoms with Gasteiger partial charge < -0.3 is 15.1 Å². The molecule has 0 aliphatic carbocycles. The molecule has 7 heteroatoms. The highest BCUT2D eigenvalue weighted by Gasteiger charge is 2.36. The molecule has 3 rings (SSSR count). The number of amides is 3. The van der Waals surface area contributed by atoms with Gasteiger partial charge in [-0.25, -0.2) is 0 Å². The van der Waals surface area contributed by atoms with E-state index in [0.29, 0.717) is 23.7 Å². The normalized spacial score (nSPS) is 16.9. The number of nitrogens with zero attached hydrogens (tertiary/aromatic N) is 2. The summed E-state index contributed by atoms with van der Waals surface area (Å²) in [6, 6.07) is 12.7. The molecule has 0 bridgehead atoms. The van der Waals surface area contributed by atoms with Crippen LogP contribution < -0.4 is 10.2 Å². The van der Waals surface area contributed by atoms with E-state index < -0.39 is 5.92 Å². The molecule has 1 fully saturated rings. The molecule has 1 saturated heterocycles. The fraction of sp³-hybridized carbons (Fsp3) is 0.375. The highest BCUT2D eigenvalue weighted by atomic mass is 35.5. The molecular weight excluding hydrogens is 414 g/mol. The Hall–Kier alpha value is -2.86. The van der Waals surface area contributed by atoms with Crippen LogP contribution in [0.4, 0.5) is 11.4 Å². The maximum atomic E-state index is 12.8. The van der Waals surface area contributed by atoms with Gasteiger partial charge in [0.2, 0.25) is 11.8 Å². The molecule has 1 aliphatic rings. The van der Waals surface area contributed by atoms with Gasteiger partial charge in [0.15, 0.2) is 0 Å². The van der Waals surface area contributed by atoms with Gasteiger partial charge in [0, 0.05) is 38.4 Å². The molecule has 2 aromatic rings. The topological polar surface area (TPSA) is 69.7 Å². The third kappa shape index (κ3) is 4.90. The first-order valence-corrected chi connectivity index (χ1v) is 10.8. The van der Waals surface area contributed by atoms with Crippen molar-refractivity contribution in [2.24, 2.45) is 5.92 Å². The molecule has 164 valence electrons. The van der Waals surface area contributed by atoms with Gasteiger partial charge in [-0.3, -0.25) is 14.4 Å². The minimum absolute atomic E-state index is 0.0548. The number of carbonyl (C=O) groups excluding carboxylic acids is 3. The van der Waals surface area contributed by atoms with E-state index >= 15 is 0 Å². The lowest BCUT2D eigenvalue weighted by atomic mass is 9.96. The first kappa shape index (κ1) is 22.8. The lowest BCUT2D eigenvalue weighted by Gasteiger charge is -2.23.